The van der Waals surface area contributed by atoms with Gasteiger partial charge in [0.2, 0.25) is 5.91 Å². The molecule has 3 aromatic rings. The van der Waals surface area contributed by atoms with Crippen molar-refractivity contribution >= 4 is 16.9 Å². The minimum absolute atomic E-state index is 0.00636. The van der Waals surface area contributed by atoms with E-state index in [9.17, 15) is 4.79 Å². The molecule has 0 radical (unpaired) electrons. The Morgan fingerprint density at radius 2 is 1.91 bits per heavy atom. The molecular formula is C25H31N5O3. The van der Waals surface area contributed by atoms with Crippen molar-refractivity contribution in [3.8, 4) is 11.5 Å². The first-order valence-electron chi connectivity index (χ1n) is 11.6. The second-order valence-electron chi connectivity index (χ2n) is 8.89. The van der Waals surface area contributed by atoms with Crippen LogP contribution in [-0.4, -0.2) is 53.7 Å². The number of methoxy groups -OCH3 is 2. The number of carbonyl (C=O) groups excluding carboxylic acids is 1. The molecule has 0 bridgehead atoms. The molecule has 33 heavy (non-hydrogen) atoms. The summed E-state index contributed by atoms with van der Waals surface area (Å²) in [5, 5.41) is 0. The number of para-hydroxylation sites is 2. The van der Waals surface area contributed by atoms with Crippen molar-refractivity contribution in [1.82, 2.24) is 25.3 Å². The van der Waals surface area contributed by atoms with Crippen LogP contribution in [0, 0.1) is 5.92 Å². The lowest BCUT2D eigenvalue weighted by Gasteiger charge is -2.33. The molecule has 2 unspecified atom stereocenters. The molecule has 0 spiro atoms. The monoisotopic (exact) mass is 449 g/mol. The lowest BCUT2D eigenvalue weighted by molar-refractivity contribution is -0.134. The molecule has 2 aliphatic heterocycles. The van der Waals surface area contributed by atoms with Crippen molar-refractivity contribution < 1.29 is 14.3 Å². The maximum atomic E-state index is 13.2. The number of aromatic nitrogens is 2. The number of hydrazine groups is 1. The van der Waals surface area contributed by atoms with Crippen LogP contribution in [0.4, 0.5) is 0 Å². The average molecular weight is 450 g/mol. The molecule has 2 atom stereocenters. The number of hydrogen-bond acceptors (Lipinski definition) is 6. The topological polar surface area (TPSA) is 80.7 Å². The first kappa shape index (κ1) is 21.7. The zero-order valence-electron chi connectivity index (χ0n) is 19.2. The summed E-state index contributed by atoms with van der Waals surface area (Å²) in [4.78, 5) is 19.7. The van der Waals surface area contributed by atoms with Crippen LogP contribution in [0.15, 0.2) is 48.8 Å². The number of imidazole rings is 1. The van der Waals surface area contributed by atoms with E-state index in [-0.39, 0.29) is 18.0 Å². The molecule has 2 aromatic carbocycles. The normalized spacial score (nSPS) is 21.5. The SMILES string of the molecule is COc1ccc(C2CC(C(=O)N3CCC(Cn4cnc5ccccc54)CC3)NN2)c(OC)c1. The summed E-state index contributed by atoms with van der Waals surface area (Å²) in [5.74, 6) is 2.23. The number of nitrogens with zero attached hydrogens (tertiary/aromatic N) is 3. The van der Waals surface area contributed by atoms with Gasteiger partial charge in [0.15, 0.2) is 0 Å². The van der Waals surface area contributed by atoms with Gasteiger partial charge in [0.25, 0.3) is 0 Å². The summed E-state index contributed by atoms with van der Waals surface area (Å²) in [5.41, 5.74) is 9.73. The standard InChI is InChI=1S/C25H31N5O3/c1-32-18-7-8-19(24(13-18)33-2)21-14-22(28-27-21)25(31)29-11-9-17(10-12-29)15-30-16-26-20-5-3-4-6-23(20)30/h3-8,13,16-17,21-22,27-28H,9-12,14-15H2,1-2H3. The highest BCUT2D eigenvalue weighted by Crippen LogP contribution is 2.33. The molecule has 3 heterocycles. The number of carbonyl (C=O) groups is 1. The van der Waals surface area contributed by atoms with Crippen LogP contribution in [0.3, 0.4) is 0 Å². The lowest BCUT2D eigenvalue weighted by atomic mass is 9.95. The number of ether oxygens (including phenoxy) is 2. The predicted molar refractivity (Wildman–Crippen MR) is 126 cm³/mol. The molecule has 0 saturated carbocycles. The number of hydrogen-bond donors (Lipinski definition) is 2. The van der Waals surface area contributed by atoms with Crippen molar-refractivity contribution in [2.75, 3.05) is 27.3 Å². The van der Waals surface area contributed by atoms with Crippen LogP contribution in [0.25, 0.3) is 11.0 Å². The summed E-state index contributed by atoms with van der Waals surface area (Å²) in [6.45, 7) is 2.54. The van der Waals surface area contributed by atoms with E-state index in [0.717, 1.165) is 55.1 Å². The van der Waals surface area contributed by atoms with Gasteiger partial charge in [0.05, 0.1) is 37.6 Å². The molecule has 1 amide bonds. The Labute approximate surface area is 193 Å². The van der Waals surface area contributed by atoms with E-state index in [1.165, 1.54) is 5.52 Å². The fraction of sp³-hybridized carbons (Fsp3) is 0.440. The van der Waals surface area contributed by atoms with Crippen molar-refractivity contribution in [1.29, 1.82) is 0 Å². The van der Waals surface area contributed by atoms with Gasteiger partial charge in [0, 0.05) is 31.3 Å². The molecule has 2 aliphatic rings. The minimum Gasteiger partial charge on any atom is -0.497 e. The summed E-state index contributed by atoms with van der Waals surface area (Å²) < 4.78 is 13.1. The molecule has 5 rings (SSSR count). The largest absolute Gasteiger partial charge is 0.497 e. The van der Waals surface area contributed by atoms with Gasteiger partial charge in [-0.15, -0.1) is 0 Å². The smallest absolute Gasteiger partial charge is 0.241 e. The van der Waals surface area contributed by atoms with Gasteiger partial charge in [-0.25, -0.2) is 15.8 Å². The zero-order valence-corrected chi connectivity index (χ0v) is 19.2. The molecule has 2 saturated heterocycles. The second-order valence-corrected chi connectivity index (χ2v) is 8.89. The molecular weight excluding hydrogens is 418 g/mol. The van der Waals surface area contributed by atoms with Crippen LogP contribution >= 0.6 is 0 Å². The fourth-order valence-electron chi connectivity index (χ4n) is 5.02. The summed E-state index contributed by atoms with van der Waals surface area (Å²) in [7, 11) is 3.29. The van der Waals surface area contributed by atoms with Crippen molar-refractivity contribution in [3.05, 3.63) is 54.4 Å². The number of nitrogens with one attached hydrogen (secondary N) is 2. The minimum atomic E-state index is -0.240. The molecule has 2 fully saturated rings. The van der Waals surface area contributed by atoms with Gasteiger partial charge in [-0.3, -0.25) is 4.79 Å². The van der Waals surface area contributed by atoms with E-state index in [4.69, 9.17) is 9.47 Å². The van der Waals surface area contributed by atoms with E-state index in [0.29, 0.717) is 12.3 Å². The number of amides is 1. The first-order valence-corrected chi connectivity index (χ1v) is 11.6. The van der Waals surface area contributed by atoms with Gasteiger partial charge < -0.3 is 18.9 Å². The third kappa shape index (κ3) is 4.41. The number of fused-ring (bicyclic) bond motifs is 1. The second kappa shape index (κ2) is 9.41. The Hall–Kier alpha value is -3.10. The molecule has 174 valence electrons. The third-order valence-corrected chi connectivity index (χ3v) is 6.93. The Balaban J connectivity index is 1.16. The van der Waals surface area contributed by atoms with Crippen LogP contribution < -0.4 is 20.3 Å². The maximum absolute atomic E-state index is 13.2. The molecule has 1 aromatic heterocycles. The van der Waals surface area contributed by atoms with Gasteiger partial charge in [0.1, 0.15) is 17.5 Å². The van der Waals surface area contributed by atoms with Gasteiger partial charge in [-0.1, -0.05) is 18.2 Å². The highest BCUT2D eigenvalue weighted by atomic mass is 16.5. The maximum Gasteiger partial charge on any atom is 0.241 e. The number of benzene rings is 2. The van der Waals surface area contributed by atoms with Crippen LogP contribution in [0.1, 0.15) is 30.9 Å². The van der Waals surface area contributed by atoms with Crippen LogP contribution in [0.2, 0.25) is 0 Å². The Kier molecular flexibility index (Phi) is 6.20. The van der Waals surface area contributed by atoms with Crippen LogP contribution in [0.5, 0.6) is 11.5 Å². The Morgan fingerprint density at radius 1 is 1.09 bits per heavy atom. The first-order chi connectivity index (χ1) is 16.2. The molecule has 8 heteroatoms. The van der Waals surface area contributed by atoms with Crippen molar-refractivity contribution in [2.45, 2.75) is 37.9 Å². The summed E-state index contributed by atoms with van der Waals surface area (Å²) in [6.07, 6.45) is 4.63. The van der Waals surface area contributed by atoms with Crippen molar-refractivity contribution in [3.63, 3.8) is 0 Å². The third-order valence-electron chi connectivity index (χ3n) is 6.93. The van der Waals surface area contributed by atoms with E-state index < -0.39 is 0 Å². The number of likely N-dealkylation sites (tertiary alicyclic amines) is 1. The van der Waals surface area contributed by atoms with Gasteiger partial charge in [-0.05, 0) is 43.4 Å². The Morgan fingerprint density at radius 3 is 2.70 bits per heavy atom. The number of rotatable bonds is 6. The summed E-state index contributed by atoms with van der Waals surface area (Å²) >= 11 is 0. The van der Waals surface area contributed by atoms with Crippen molar-refractivity contribution in [2.24, 2.45) is 5.92 Å². The average Bonchev–Trinajstić information content (AvgIpc) is 3.51. The number of piperidine rings is 1. The highest BCUT2D eigenvalue weighted by molar-refractivity contribution is 5.82. The van der Waals surface area contributed by atoms with E-state index >= 15 is 0 Å². The predicted octanol–water partition coefficient (Wildman–Crippen LogP) is 2.90. The summed E-state index contributed by atoms with van der Waals surface area (Å²) in [6, 6.07) is 13.8. The lowest BCUT2D eigenvalue weighted by Crippen LogP contribution is -2.48. The van der Waals surface area contributed by atoms with E-state index in [1.54, 1.807) is 14.2 Å². The van der Waals surface area contributed by atoms with Crippen LogP contribution in [-0.2, 0) is 11.3 Å². The van der Waals surface area contributed by atoms with E-state index in [2.05, 4.69) is 32.5 Å². The quantitative estimate of drug-likeness (QED) is 0.602. The fourth-order valence-corrected chi connectivity index (χ4v) is 5.02. The Bertz CT molecular complexity index is 1120. The van der Waals surface area contributed by atoms with Gasteiger partial charge >= 0.3 is 0 Å². The highest BCUT2D eigenvalue weighted by Gasteiger charge is 2.35. The molecule has 2 N–H and O–H groups in total. The van der Waals surface area contributed by atoms with E-state index in [1.807, 2.05) is 41.6 Å². The zero-order chi connectivity index (χ0) is 22.8. The molecule has 8 nitrogen and oxygen atoms in total. The van der Waals surface area contributed by atoms with Gasteiger partial charge in [-0.2, -0.15) is 0 Å². The molecule has 0 aliphatic carbocycles.